The van der Waals surface area contributed by atoms with Gasteiger partial charge in [0.05, 0.1) is 11.4 Å². The molecule has 1 aliphatic rings. The molecule has 0 amide bonds. The van der Waals surface area contributed by atoms with E-state index in [9.17, 15) is 4.79 Å². The third kappa shape index (κ3) is 2.20. The maximum absolute atomic E-state index is 11.0. The lowest BCUT2D eigenvalue weighted by Gasteiger charge is -2.17. The van der Waals surface area contributed by atoms with Gasteiger partial charge in [-0.1, -0.05) is 17.7 Å². The van der Waals surface area contributed by atoms with Crippen LogP contribution in [0.5, 0.6) is 0 Å². The molecule has 0 bridgehead atoms. The van der Waals surface area contributed by atoms with Crippen molar-refractivity contribution in [2.24, 2.45) is 5.92 Å². The maximum Gasteiger partial charge on any atom is 0.308 e. The lowest BCUT2D eigenvalue weighted by molar-refractivity contribution is -0.140. The summed E-state index contributed by atoms with van der Waals surface area (Å²) in [4.78, 5) is 17.7. The first-order chi connectivity index (χ1) is 9.56. The SMILES string of the molecule is Cc1c(Cl)ccc2ccc(N3CCC(C(=O)O)C3)nc12. The Labute approximate surface area is 122 Å². The minimum atomic E-state index is -0.729. The van der Waals surface area contributed by atoms with Gasteiger partial charge in [0.1, 0.15) is 5.82 Å². The fourth-order valence-corrected chi connectivity index (χ4v) is 2.79. The first kappa shape index (κ1) is 13.2. The second-order valence-corrected chi connectivity index (χ2v) is 5.59. The van der Waals surface area contributed by atoms with Gasteiger partial charge in [-0.15, -0.1) is 0 Å². The van der Waals surface area contributed by atoms with Crippen molar-refractivity contribution in [3.05, 3.63) is 34.9 Å². The van der Waals surface area contributed by atoms with Gasteiger partial charge in [-0.2, -0.15) is 0 Å². The minimum Gasteiger partial charge on any atom is -0.481 e. The van der Waals surface area contributed by atoms with Crippen LogP contribution in [0.15, 0.2) is 24.3 Å². The van der Waals surface area contributed by atoms with E-state index in [1.165, 1.54) is 0 Å². The maximum atomic E-state index is 11.0. The number of aromatic nitrogens is 1. The molecule has 1 aliphatic heterocycles. The number of carbonyl (C=O) groups is 1. The molecule has 1 saturated heterocycles. The molecule has 0 aliphatic carbocycles. The lowest BCUT2D eigenvalue weighted by atomic mass is 10.1. The highest BCUT2D eigenvalue weighted by atomic mass is 35.5. The number of nitrogens with zero attached hydrogens (tertiary/aromatic N) is 2. The monoisotopic (exact) mass is 290 g/mol. The van der Waals surface area contributed by atoms with Crippen LogP contribution in [0.25, 0.3) is 10.9 Å². The molecule has 1 aromatic carbocycles. The second kappa shape index (κ2) is 4.94. The summed E-state index contributed by atoms with van der Waals surface area (Å²) in [7, 11) is 0. The zero-order chi connectivity index (χ0) is 14.3. The minimum absolute atomic E-state index is 0.298. The van der Waals surface area contributed by atoms with E-state index in [0.717, 1.165) is 28.8 Å². The van der Waals surface area contributed by atoms with Crippen molar-refractivity contribution in [3.63, 3.8) is 0 Å². The van der Waals surface area contributed by atoms with Crippen LogP contribution in [0.3, 0.4) is 0 Å². The molecule has 5 heteroatoms. The van der Waals surface area contributed by atoms with Gasteiger partial charge >= 0.3 is 5.97 Å². The number of rotatable bonds is 2. The Kier molecular flexibility index (Phi) is 3.26. The Balaban J connectivity index is 1.97. The first-order valence-electron chi connectivity index (χ1n) is 6.60. The van der Waals surface area contributed by atoms with Gasteiger partial charge in [0.2, 0.25) is 0 Å². The zero-order valence-corrected chi connectivity index (χ0v) is 11.9. The largest absolute Gasteiger partial charge is 0.481 e. The third-order valence-electron chi connectivity index (χ3n) is 3.90. The topological polar surface area (TPSA) is 53.4 Å². The number of fused-ring (bicyclic) bond motifs is 1. The number of carboxylic acids is 1. The number of pyridine rings is 1. The summed E-state index contributed by atoms with van der Waals surface area (Å²) in [5, 5.41) is 10.8. The zero-order valence-electron chi connectivity index (χ0n) is 11.1. The van der Waals surface area contributed by atoms with Crippen molar-refractivity contribution in [2.45, 2.75) is 13.3 Å². The summed E-state index contributed by atoms with van der Waals surface area (Å²) in [5.41, 5.74) is 1.84. The predicted octanol–water partition coefficient (Wildman–Crippen LogP) is 3.11. The Morgan fingerprint density at radius 2 is 2.15 bits per heavy atom. The average molecular weight is 291 g/mol. The van der Waals surface area contributed by atoms with E-state index in [1.54, 1.807) is 0 Å². The van der Waals surface area contributed by atoms with E-state index in [4.69, 9.17) is 16.7 Å². The van der Waals surface area contributed by atoms with Crippen LogP contribution in [0, 0.1) is 12.8 Å². The van der Waals surface area contributed by atoms with Crippen LogP contribution in [0.4, 0.5) is 5.82 Å². The standard InChI is InChI=1S/C15H15ClN2O2/c1-9-12(16)4-2-10-3-5-13(17-14(9)10)18-7-6-11(8-18)15(19)20/h2-5,11H,6-8H2,1H3,(H,19,20). The van der Waals surface area contributed by atoms with E-state index in [-0.39, 0.29) is 5.92 Å². The van der Waals surface area contributed by atoms with Crippen LogP contribution in [-0.2, 0) is 4.79 Å². The van der Waals surface area contributed by atoms with E-state index in [0.29, 0.717) is 18.0 Å². The van der Waals surface area contributed by atoms with Crippen molar-refractivity contribution >= 4 is 34.3 Å². The number of aliphatic carboxylic acids is 1. The van der Waals surface area contributed by atoms with E-state index in [2.05, 4.69) is 4.98 Å². The van der Waals surface area contributed by atoms with Gasteiger partial charge in [-0.25, -0.2) is 4.98 Å². The van der Waals surface area contributed by atoms with E-state index in [1.807, 2.05) is 36.1 Å². The number of benzene rings is 1. The fraction of sp³-hybridized carbons (Fsp3) is 0.333. The molecule has 0 radical (unpaired) electrons. The van der Waals surface area contributed by atoms with Crippen LogP contribution in [-0.4, -0.2) is 29.1 Å². The average Bonchev–Trinajstić information content (AvgIpc) is 2.93. The predicted molar refractivity (Wildman–Crippen MR) is 79.4 cm³/mol. The van der Waals surface area contributed by atoms with E-state index >= 15 is 0 Å². The van der Waals surface area contributed by atoms with Crippen LogP contribution in [0.1, 0.15) is 12.0 Å². The van der Waals surface area contributed by atoms with Gasteiger partial charge in [-0.3, -0.25) is 4.79 Å². The van der Waals surface area contributed by atoms with Gasteiger partial charge in [0.25, 0.3) is 0 Å². The second-order valence-electron chi connectivity index (χ2n) is 5.18. The molecule has 2 heterocycles. The quantitative estimate of drug-likeness (QED) is 0.923. The molecule has 1 N–H and O–H groups in total. The number of carboxylic acid groups (broad SMARTS) is 1. The highest BCUT2D eigenvalue weighted by molar-refractivity contribution is 6.32. The molecule has 2 aromatic rings. The Morgan fingerprint density at radius 1 is 1.40 bits per heavy atom. The third-order valence-corrected chi connectivity index (χ3v) is 4.31. The van der Waals surface area contributed by atoms with Gasteiger partial charge in [0.15, 0.2) is 0 Å². The number of halogens is 1. The van der Waals surface area contributed by atoms with Crippen molar-refractivity contribution in [2.75, 3.05) is 18.0 Å². The van der Waals surface area contributed by atoms with Crippen LogP contribution >= 0.6 is 11.6 Å². The van der Waals surface area contributed by atoms with Crippen molar-refractivity contribution in [1.82, 2.24) is 4.98 Å². The summed E-state index contributed by atoms with van der Waals surface area (Å²) in [6.45, 7) is 3.20. The molecular formula is C15H15ClN2O2. The molecule has 0 saturated carbocycles. The number of aryl methyl sites for hydroxylation is 1. The van der Waals surface area contributed by atoms with Gasteiger partial charge in [-0.05, 0) is 37.1 Å². The molecular weight excluding hydrogens is 276 g/mol. The number of anilines is 1. The van der Waals surface area contributed by atoms with E-state index < -0.39 is 5.97 Å². The number of hydrogen-bond donors (Lipinski definition) is 1. The van der Waals surface area contributed by atoms with Crippen LogP contribution in [0.2, 0.25) is 5.02 Å². The van der Waals surface area contributed by atoms with Crippen molar-refractivity contribution in [1.29, 1.82) is 0 Å². The highest BCUT2D eigenvalue weighted by Gasteiger charge is 2.28. The Morgan fingerprint density at radius 3 is 2.85 bits per heavy atom. The Hall–Kier alpha value is -1.81. The molecule has 4 nitrogen and oxygen atoms in total. The molecule has 0 spiro atoms. The summed E-state index contributed by atoms with van der Waals surface area (Å²) in [6, 6.07) is 7.78. The summed E-state index contributed by atoms with van der Waals surface area (Å²) >= 11 is 6.13. The molecule has 1 atom stereocenters. The first-order valence-corrected chi connectivity index (χ1v) is 6.97. The molecule has 1 aromatic heterocycles. The van der Waals surface area contributed by atoms with Crippen LogP contribution < -0.4 is 4.90 Å². The molecule has 20 heavy (non-hydrogen) atoms. The molecule has 3 rings (SSSR count). The summed E-state index contributed by atoms with van der Waals surface area (Å²) in [5.74, 6) is -0.202. The fourth-order valence-electron chi connectivity index (χ4n) is 2.64. The van der Waals surface area contributed by atoms with Crippen molar-refractivity contribution < 1.29 is 9.90 Å². The molecule has 1 unspecified atom stereocenters. The smallest absolute Gasteiger partial charge is 0.308 e. The summed E-state index contributed by atoms with van der Waals surface area (Å²) < 4.78 is 0. The lowest BCUT2D eigenvalue weighted by Crippen LogP contribution is -2.23. The molecule has 104 valence electrons. The Bertz CT molecular complexity index is 687. The van der Waals surface area contributed by atoms with Crippen molar-refractivity contribution in [3.8, 4) is 0 Å². The summed E-state index contributed by atoms with van der Waals surface area (Å²) in [6.07, 6.45) is 0.670. The van der Waals surface area contributed by atoms with Gasteiger partial charge < -0.3 is 10.0 Å². The van der Waals surface area contributed by atoms with Gasteiger partial charge in [0, 0.05) is 23.5 Å². The highest BCUT2D eigenvalue weighted by Crippen LogP contribution is 2.28. The normalized spacial score (nSPS) is 18.7. The number of hydrogen-bond acceptors (Lipinski definition) is 3. The molecule has 1 fully saturated rings.